The Bertz CT molecular complexity index is 312. The van der Waals surface area contributed by atoms with Gasteiger partial charge >= 0.3 is 0 Å². The Labute approximate surface area is 80.2 Å². The van der Waals surface area contributed by atoms with Crippen LogP contribution in [-0.2, 0) is 13.1 Å². The summed E-state index contributed by atoms with van der Waals surface area (Å²) in [5.41, 5.74) is 0.239. The zero-order valence-corrected chi connectivity index (χ0v) is 7.56. The second-order valence-electron chi connectivity index (χ2n) is 3.01. The van der Waals surface area contributed by atoms with Crippen LogP contribution in [0.3, 0.4) is 0 Å². The molecule has 0 amide bonds. The number of aryl methyl sites for hydroxylation is 1. The molecular formula is C10H11F3O. The molecule has 0 unspecified atom stereocenters. The second-order valence-corrected chi connectivity index (χ2v) is 3.01. The molecule has 1 rings (SSSR count). The molecule has 4 heteroatoms. The number of aliphatic hydroxyl groups is 1. The van der Waals surface area contributed by atoms with Crippen LogP contribution >= 0.6 is 0 Å². The summed E-state index contributed by atoms with van der Waals surface area (Å²) in [5.74, 6) is -1.98. The van der Waals surface area contributed by atoms with Crippen molar-refractivity contribution in [3.63, 3.8) is 0 Å². The molecule has 0 radical (unpaired) electrons. The van der Waals surface area contributed by atoms with E-state index < -0.39 is 18.3 Å². The van der Waals surface area contributed by atoms with Crippen LogP contribution < -0.4 is 0 Å². The van der Waals surface area contributed by atoms with Crippen LogP contribution in [0.4, 0.5) is 13.2 Å². The van der Waals surface area contributed by atoms with Crippen molar-refractivity contribution in [3.8, 4) is 0 Å². The topological polar surface area (TPSA) is 20.2 Å². The van der Waals surface area contributed by atoms with Gasteiger partial charge in [0, 0.05) is 6.61 Å². The van der Waals surface area contributed by atoms with Gasteiger partial charge in [0.15, 0.2) is 11.6 Å². The van der Waals surface area contributed by atoms with Crippen molar-refractivity contribution in [1.29, 1.82) is 0 Å². The minimum Gasteiger partial charge on any atom is -0.396 e. The van der Waals surface area contributed by atoms with E-state index in [2.05, 4.69) is 0 Å². The van der Waals surface area contributed by atoms with Gasteiger partial charge in [-0.25, -0.2) is 13.2 Å². The molecule has 78 valence electrons. The number of alkyl halides is 1. The van der Waals surface area contributed by atoms with Gasteiger partial charge in [0.1, 0.15) is 6.67 Å². The molecule has 0 spiro atoms. The molecule has 0 heterocycles. The first-order valence-corrected chi connectivity index (χ1v) is 4.32. The molecule has 0 aromatic heterocycles. The fourth-order valence-electron chi connectivity index (χ4n) is 1.24. The molecule has 14 heavy (non-hydrogen) atoms. The molecule has 0 aliphatic rings. The quantitative estimate of drug-likeness (QED) is 0.798. The van der Waals surface area contributed by atoms with Crippen LogP contribution in [0.5, 0.6) is 0 Å². The maximum absolute atomic E-state index is 13.1. The zero-order chi connectivity index (χ0) is 10.6. The van der Waals surface area contributed by atoms with E-state index in [1.165, 1.54) is 6.07 Å². The van der Waals surface area contributed by atoms with E-state index in [0.29, 0.717) is 6.42 Å². The third kappa shape index (κ3) is 2.48. The molecule has 0 fully saturated rings. The van der Waals surface area contributed by atoms with E-state index in [0.717, 1.165) is 6.07 Å². The summed E-state index contributed by atoms with van der Waals surface area (Å²) in [6.07, 6.45) is 0.555. The normalized spacial score (nSPS) is 10.6. The summed E-state index contributed by atoms with van der Waals surface area (Å²) in [7, 11) is 0. The smallest absolute Gasteiger partial charge is 0.162 e. The van der Waals surface area contributed by atoms with Gasteiger partial charge in [-0.2, -0.15) is 0 Å². The van der Waals surface area contributed by atoms with E-state index in [9.17, 15) is 13.2 Å². The highest BCUT2D eigenvalue weighted by atomic mass is 19.2. The molecule has 0 saturated heterocycles. The lowest BCUT2D eigenvalue weighted by Gasteiger charge is -2.05. The predicted molar refractivity (Wildman–Crippen MR) is 46.6 cm³/mol. The fraction of sp³-hybridized carbons (Fsp3) is 0.400. The molecule has 0 aliphatic heterocycles. The first kappa shape index (κ1) is 11.0. The maximum Gasteiger partial charge on any atom is 0.162 e. The Kier molecular flexibility index (Phi) is 3.95. The van der Waals surface area contributed by atoms with Crippen molar-refractivity contribution in [2.24, 2.45) is 0 Å². The van der Waals surface area contributed by atoms with Gasteiger partial charge in [0.2, 0.25) is 0 Å². The number of aliphatic hydroxyl groups excluding tert-OH is 1. The van der Waals surface area contributed by atoms with Crippen LogP contribution in [0.1, 0.15) is 17.5 Å². The monoisotopic (exact) mass is 204 g/mol. The van der Waals surface area contributed by atoms with Gasteiger partial charge in [-0.05, 0) is 30.0 Å². The maximum atomic E-state index is 13.1. The highest BCUT2D eigenvalue weighted by Gasteiger charge is 2.10. The first-order chi connectivity index (χ1) is 6.69. The molecule has 0 atom stereocenters. The Morgan fingerprint density at radius 2 is 1.93 bits per heavy atom. The summed E-state index contributed by atoms with van der Waals surface area (Å²) in [4.78, 5) is 0. The van der Waals surface area contributed by atoms with Crippen molar-refractivity contribution in [3.05, 3.63) is 34.9 Å². The van der Waals surface area contributed by atoms with E-state index in [1.54, 1.807) is 0 Å². The molecule has 1 aromatic carbocycles. The summed E-state index contributed by atoms with van der Waals surface area (Å²) in [5, 5.41) is 8.52. The van der Waals surface area contributed by atoms with E-state index in [-0.39, 0.29) is 24.2 Å². The standard InChI is InChI=1S/C10H11F3O/c11-6-7-4-8(2-1-3-14)10(13)9(12)5-7/h4-5,14H,1-3,6H2. The van der Waals surface area contributed by atoms with Crippen LogP contribution in [0, 0.1) is 11.6 Å². The Hall–Kier alpha value is -1.03. The second kappa shape index (κ2) is 5.00. The van der Waals surface area contributed by atoms with Crippen molar-refractivity contribution >= 4 is 0 Å². The lowest BCUT2D eigenvalue weighted by molar-refractivity contribution is 0.287. The third-order valence-electron chi connectivity index (χ3n) is 1.92. The van der Waals surface area contributed by atoms with E-state index >= 15 is 0 Å². The zero-order valence-electron chi connectivity index (χ0n) is 7.56. The van der Waals surface area contributed by atoms with Crippen LogP contribution in [0.2, 0.25) is 0 Å². The van der Waals surface area contributed by atoms with Gasteiger partial charge in [0.05, 0.1) is 0 Å². The largest absolute Gasteiger partial charge is 0.396 e. The molecule has 1 N–H and O–H groups in total. The summed E-state index contributed by atoms with van der Waals surface area (Å²) < 4.78 is 38.1. The van der Waals surface area contributed by atoms with Gasteiger partial charge in [0.25, 0.3) is 0 Å². The van der Waals surface area contributed by atoms with Crippen molar-refractivity contribution in [2.75, 3.05) is 6.61 Å². The van der Waals surface area contributed by atoms with Gasteiger partial charge in [-0.1, -0.05) is 6.07 Å². The van der Waals surface area contributed by atoms with Gasteiger partial charge < -0.3 is 5.11 Å². The van der Waals surface area contributed by atoms with Gasteiger partial charge in [-0.15, -0.1) is 0 Å². The van der Waals surface area contributed by atoms with Crippen LogP contribution in [0.25, 0.3) is 0 Å². The average Bonchev–Trinajstić information content (AvgIpc) is 2.20. The summed E-state index contributed by atoms with van der Waals surface area (Å²) >= 11 is 0. The first-order valence-electron chi connectivity index (χ1n) is 4.32. The summed E-state index contributed by atoms with van der Waals surface area (Å²) in [6, 6.07) is 2.13. The Morgan fingerprint density at radius 1 is 1.21 bits per heavy atom. The number of rotatable bonds is 4. The number of halogens is 3. The van der Waals surface area contributed by atoms with Crippen molar-refractivity contribution in [1.82, 2.24) is 0 Å². The molecule has 1 aromatic rings. The Balaban J connectivity index is 2.95. The Morgan fingerprint density at radius 3 is 2.50 bits per heavy atom. The average molecular weight is 204 g/mol. The minimum absolute atomic E-state index is 0.0963. The van der Waals surface area contributed by atoms with Crippen LogP contribution in [-0.4, -0.2) is 11.7 Å². The predicted octanol–water partition coefficient (Wildman–Crippen LogP) is 2.36. The molecule has 0 aliphatic carbocycles. The molecule has 1 nitrogen and oxygen atoms in total. The van der Waals surface area contributed by atoms with Crippen molar-refractivity contribution in [2.45, 2.75) is 19.5 Å². The molecule has 0 saturated carbocycles. The van der Waals surface area contributed by atoms with E-state index in [4.69, 9.17) is 5.11 Å². The molecular weight excluding hydrogens is 193 g/mol. The van der Waals surface area contributed by atoms with Crippen molar-refractivity contribution < 1.29 is 18.3 Å². The van der Waals surface area contributed by atoms with E-state index in [1.807, 2.05) is 0 Å². The SMILES string of the molecule is OCCCc1cc(CF)cc(F)c1F. The van der Waals surface area contributed by atoms with Crippen LogP contribution in [0.15, 0.2) is 12.1 Å². The highest BCUT2D eigenvalue weighted by molar-refractivity contribution is 5.26. The molecule has 0 bridgehead atoms. The number of hydrogen-bond acceptors (Lipinski definition) is 1. The third-order valence-corrected chi connectivity index (χ3v) is 1.92. The fourth-order valence-corrected chi connectivity index (χ4v) is 1.24. The lowest BCUT2D eigenvalue weighted by Crippen LogP contribution is -1.98. The van der Waals surface area contributed by atoms with Gasteiger partial charge in [-0.3, -0.25) is 0 Å². The highest BCUT2D eigenvalue weighted by Crippen LogP contribution is 2.17. The number of benzene rings is 1. The summed E-state index contributed by atoms with van der Waals surface area (Å²) in [6.45, 7) is -0.912. The lowest BCUT2D eigenvalue weighted by atomic mass is 10.1. The minimum atomic E-state index is -1.03. The number of hydrogen-bond donors (Lipinski definition) is 1.